The van der Waals surface area contributed by atoms with Gasteiger partial charge in [-0.1, -0.05) is 30.3 Å². The summed E-state index contributed by atoms with van der Waals surface area (Å²) in [6.07, 6.45) is 0.893. The van der Waals surface area contributed by atoms with Crippen LogP contribution in [0.1, 0.15) is 11.1 Å². The Labute approximate surface area is 113 Å². The second-order valence-electron chi connectivity index (χ2n) is 4.22. The summed E-state index contributed by atoms with van der Waals surface area (Å²) in [5.41, 5.74) is 11.5. The van der Waals surface area contributed by atoms with Crippen LogP contribution in [0.2, 0.25) is 0 Å². The van der Waals surface area contributed by atoms with Gasteiger partial charge in [-0.15, -0.1) is 0 Å². The fourth-order valence-electron chi connectivity index (χ4n) is 1.78. The van der Waals surface area contributed by atoms with E-state index in [2.05, 4.69) is 22.6 Å². The van der Waals surface area contributed by atoms with Crippen LogP contribution in [-0.4, -0.2) is 12.4 Å². The number of nitrogens with zero attached hydrogens (tertiary/aromatic N) is 1. The summed E-state index contributed by atoms with van der Waals surface area (Å²) >= 11 is 0. The molecule has 0 bridgehead atoms. The molecule has 4 heteroatoms. The number of rotatable bonds is 5. The van der Waals surface area contributed by atoms with E-state index < -0.39 is 0 Å². The van der Waals surface area contributed by atoms with Crippen molar-refractivity contribution in [2.45, 2.75) is 6.42 Å². The molecule has 0 radical (unpaired) electrons. The van der Waals surface area contributed by atoms with Gasteiger partial charge in [-0.25, -0.2) is 0 Å². The van der Waals surface area contributed by atoms with E-state index in [1.165, 1.54) is 5.56 Å². The highest BCUT2D eigenvalue weighted by molar-refractivity contribution is 5.97. The van der Waals surface area contributed by atoms with E-state index in [1.54, 1.807) is 0 Å². The van der Waals surface area contributed by atoms with Crippen LogP contribution in [0.3, 0.4) is 0 Å². The van der Waals surface area contributed by atoms with Gasteiger partial charge in [0.2, 0.25) is 0 Å². The summed E-state index contributed by atoms with van der Waals surface area (Å²) in [5, 5.41) is 0. The van der Waals surface area contributed by atoms with Gasteiger partial charge in [0.1, 0.15) is 5.84 Å². The lowest BCUT2D eigenvalue weighted by Crippen LogP contribution is -2.14. The molecule has 2 aromatic rings. The van der Waals surface area contributed by atoms with Crippen LogP contribution in [0.15, 0.2) is 59.6 Å². The molecular formula is C15H18N4. The number of hydrogen-bond acceptors (Lipinski definition) is 3. The van der Waals surface area contributed by atoms with Gasteiger partial charge in [0.15, 0.2) is 0 Å². The average Bonchev–Trinajstić information content (AvgIpc) is 2.48. The van der Waals surface area contributed by atoms with Crippen molar-refractivity contribution in [3.8, 4) is 0 Å². The standard InChI is InChI=1S/C15H18N4/c16-15(13-6-8-14(19-17)9-7-13)18-11-10-12-4-2-1-3-5-12/h1-9,19H,10-11,17H2,(H2,16,18). The number of nitrogens with one attached hydrogen (secondary N) is 1. The molecule has 98 valence electrons. The minimum atomic E-state index is 0.555. The lowest BCUT2D eigenvalue weighted by Gasteiger charge is -2.04. The predicted molar refractivity (Wildman–Crippen MR) is 80.0 cm³/mol. The number of hydrogen-bond donors (Lipinski definition) is 3. The van der Waals surface area contributed by atoms with E-state index in [4.69, 9.17) is 11.6 Å². The number of nitrogens with two attached hydrogens (primary N) is 2. The summed E-state index contributed by atoms with van der Waals surface area (Å²) in [6.45, 7) is 0.687. The first-order chi connectivity index (χ1) is 9.29. The van der Waals surface area contributed by atoms with Gasteiger partial charge in [0.05, 0.1) is 0 Å². The van der Waals surface area contributed by atoms with Crippen LogP contribution < -0.4 is 17.0 Å². The molecule has 0 amide bonds. The summed E-state index contributed by atoms with van der Waals surface area (Å²) in [5.74, 6) is 5.86. The van der Waals surface area contributed by atoms with Crippen molar-refractivity contribution in [3.63, 3.8) is 0 Å². The Bertz CT molecular complexity index is 532. The van der Waals surface area contributed by atoms with Crippen molar-refractivity contribution in [3.05, 3.63) is 65.7 Å². The van der Waals surface area contributed by atoms with Gasteiger partial charge in [-0.3, -0.25) is 10.8 Å². The minimum Gasteiger partial charge on any atom is -0.384 e. The van der Waals surface area contributed by atoms with Crippen molar-refractivity contribution < 1.29 is 0 Å². The second-order valence-corrected chi connectivity index (χ2v) is 4.22. The van der Waals surface area contributed by atoms with Gasteiger partial charge < -0.3 is 11.2 Å². The lowest BCUT2D eigenvalue weighted by atomic mass is 10.1. The zero-order valence-electron chi connectivity index (χ0n) is 10.7. The van der Waals surface area contributed by atoms with E-state index in [9.17, 15) is 0 Å². The highest BCUT2D eigenvalue weighted by Crippen LogP contribution is 2.08. The van der Waals surface area contributed by atoms with Crippen molar-refractivity contribution in [1.29, 1.82) is 0 Å². The molecular weight excluding hydrogens is 236 g/mol. The van der Waals surface area contributed by atoms with Crippen molar-refractivity contribution in [1.82, 2.24) is 0 Å². The van der Waals surface area contributed by atoms with Crippen LogP contribution in [0.4, 0.5) is 5.69 Å². The Kier molecular flexibility index (Phi) is 4.53. The highest BCUT2D eigenvalue weighted by Gasteiger charge is 1.98. The third-order valence-electron chi connectivity index (χ3n) is 2.87. The number of benzene rings is 2. The van der Waals surface area contributed by atoms with E-state index in [-0.39, 0.29) is 0 Å². The Hall–Kier alpha value is -2.33. The van der Waals surface area contributed by atoms with Crippen LogP contribution in [0.5, 0.6) is 0 Å². The number of aliphatic imine (C=N–C) groups is 1. The lowest BCUT2D eigenvalue weighted by molar-refractivity contribution is 0.966. The molecule has 0 saturated carbocycles. The molecule has 0 aliphatic rings. The molecule has 0 atom stereocenters. The second kappa shape index (κ2) is 6.56. The number of hydrazine groups is 1. The monoisotopic (exact) mass is 254 g/mol. The smallest absolute Gasteiger partial charge is 0.125 e. The maximum absolute atomic E-state index is 5.95. The van der Waals surface area contributed by atoms with Crippen LogP contribution in [-0.2, 0) is 6.42 Å². The summed E-state index contributed by atoms with van der Waals surface area (Å²) in [4.78, 5) is 4.39. The average molecular weight is 254 g/mol. The quantitative estimate of drug-likeness (QED) is 0.330. The largest absolute Gasteiger partial charge is 0.384 e. The number of nitrogen functional groups attached to an aromatic ring is 1. The normalized spacial score (nSPS) is 11.3. The fraction of sp³-hybridized carbons (Fsp3) is 0.133. The topological polar surface area (TPSA) is 76.4 Å². The van der Waals surface area contributed by atoms with Gasteiger partial charge in [0.25, 0.3) is 0 Å². The molecule has 0 saturated heterocycles. The first-order valence-electron chi connectivity index (χ1n) is 6.20. The molecule has 4 nitrogen and oxygen atoms in total. The van der Waals surface area contributed by atoms with E-state index in [0.29, 0.717) is 12.4 Å². The maximum Gasteiger partial charge on any atom is 0.125 e. The van der Waals surface area contributed by atoms with E-state index in [1.807, 2.05) is 42.5 Å². The molecule has 0 aliphatic heterocycles. The Balaban J connectivity index is 1.94. The maximum atomic E-state index is 5.95. The molecule has 0 unspecified atom stereocenters. The van der Waals surface area contributed by atoms with Gasteiger partial charge in [-0.05, 0) is 36.2 Å². The predicted octanol–water partition coefficient (Wildman–Crippen LogP) is 1.92. The van der Waals surface area contributed by atoms with Gasteiger partial charge in [0, 0.05) is 17.8 Å². The molecule has 2 rings (SSSR count). The first-order valence-corrected chi connectivity index (χ1v) is 6.20. The minimum absolute atomic E-state index is 0.555. The fourth-order valence-corrected chi connectivity index (χ4v) is 1.78. The molecule has 0 heterocycles. The van der Waals surface area contributed by atoms with Gasteiger partial charge >= 0.3 is 0 Å². The zero-order chi connectivity index (χ0) is 13.5. The Morgan fingerprint density at radius 1 is 1.00 bits per heavy atom. The third kappa shape index (κ3) is 3.82. The van der Waals surface area contributed by atoms with Crippen molar-refractivity contribution in [2.24, 2.45) is 16.6 Å². The molecule has 19 heavy (non-hydrogen) atoms. The molecule has 2 aromatic carbocycles. The summed E-state index contributed by atoms with van der Waals surface area (Å²) in [7, 11) is 0. The third-order valence-corrected chi connectivity index (χ3v) is 2.87. The Morgan fingerprint density at radius 3 is 2.32 bits per heavy atom. The molecule has 0 fully saturated rings. The highest BCUT2D eigenvalue weighted by atomic mass is 15.2. The zero-order valence-corrected chi connectivity index (χ0v) is 10.7. The van der Waals surface area contributed by atoms with Crippen LogP contribution in [0, 0.1) is 0 Å². The molecule has 5 N–H and O–H groups in total. The first kappa shape index (κ1) is 13.1. The summed E-state index contributed by atoms with van der Waals surface area (Å²) in [6, 6.07) is 17.8. The van der Waals surface area contributed by atoms with E-state index >= 15 is 0 Å². The SMILES string of the molecule is NNc1ccc(C(N)=NCCc2ccccc2)cc1. The molecule has 0 aliphatic carbocycles. The number of amidine groups is 1. The summed E-state index contributed by atoms with van der Waals surface area (Å²) < 4.78 is 0. The van der Waals surface area contributed by atoms with Crippen molar-refractivity contribution in [2.75, 3.05) is 12.0 Å². The molecule has 0 aromatic heterocycles. The molecule has 0 spiro atoms. The Morgan fingerprint density at radius 2 is 1.68 bits per heavy atom. The van der Waals surface area contributed by atoms with Crippen LogP contribution >= 0.6 is 0 Å². The van der Waals surface area contributed by atoms with Crippen molar-refractivity contribution >= 4 is 11.5 Å². The van der Waals surface area contributed by atoms with E-state index in [0.717, 1.165) is 17.7 Å². The van der Waals surface area contributed by atoms with Crippen LogP contribution in [0.25, 0.3) is 0 Å². The van der Waals surface area contributed by atoms with Gasteiger partial charge in [-0.2, -0.15) is 0 Å². The number of anilines is 1.